The van der Waals surface area contributed by atoms with E-state index in [2.05, 4.69) is 4.72 Å². The molecule has 0 spiro atoms. The molecule has 0 aliphatic carbocycles. The Morgan fingerprint density at radius 2 is 1.71 bits per heavy atom. The normalized spacial score (nSPS) is 24.8. The van der Waals surface area contributed by atoms with Crippen LogP contribution in [0.15, 0.2) is 18.2 Å². The molecular weight excluding hydrogens is 291 g/mol. The van der Waals surface area contributed by atoms with Crippen LogP contribution in [0.1, 0.15) is 27.7 Å². The van der Waals surface area contributed by atoms with E-state index < -0.39 is 28.5 Å². The van der Waals surface area contributed by atoms with E-state index in [1.54, 1.807) is 12.1 Å². The van der Waals surface area contributed by atoms with Gasteiger partial charge in [-0.25, -0.2) is 0 Å². The molecule has 8 heteroatoms. The Bertz CT molecular complexity index is 686. The number of nitrogens with one attached hydrogen (secondary N) is 1. The quantitative estimate of drug-likeness (QED) is 0.789. The van der Waals surface area contributed by atoms with Crippen LogP contribution in [0.4, 0.5) is 11.4 Å². The number of hydrogen-bond acceptors (Lipinski definition) is 4. The van der Waals surface area contributed by atoms with E-state index in [0.29, 0.717) is 11.4 Å². The van der Waals surface area contributed by atoms with Crippen molar-refractivity contribution in [2.45, 2.75) is 38.9 Å². The first kappa shape index (κ1) is 14.7. The Kier molecular flexibility index (Phi) is 2.90. The molecule has 2 heterocycles. The lowest BCUT2D eigenvalue weighted by Crippen LogP contribution is -2.41. The van der Waals surface area contributed by atoms with Crippen LogP contribution < -0.4 is 14.5 Å². The van der Waals surface area contributed by atoms with Gasteiger partial charge < -0.3 is 9.31 Å². The van der Waals surface area contributed by atoms with E-state index >= 15 is 0 Å². The van der Waals surface area contributed by atoms with Gasteiger partial charge in [0.25, 0.3) is 0 Å². The van der Waals surface area contributed by atoms with Gasteiger partial charge in [0.2, 0.25) is 0 Å². The van der Waals surface area contributed by atoms with E-state index in [4.69, 9.17) is 9.31 Å². The molecule has 0 amide bonds. The van der Waals surface area contributed by atoms with Crippen LogP contribution in [-0.4, -0.2) is 33.8 Å². The van der Waals surface area contributed by atoms with Gasteiger partial charge in [0.15, 0.2) is 0 Å². The van der Waals surface area contributed by atoms with Gasteiger partial charge in [0, 0.05) is 7.05 Å². The van der Waals surface area contributed by atoms with Crippen molar-refractivity contribution < 1.29 is 17.7 Å². The molecule has 2 aliphatic heterocycles. The van der Waals surface area contributed by atoms with E-state index in [1.165, 1.54) is 11.4 Å². The van der Waals surface area contributed by atoms with Crippen LogP contribution >= 0.6 is 0 Å². The van der Waals surface area contributed by atoms with Gasteiger partial charge in [0.05, 0.1) is 22.6 Å². The molecule has 0 unspecified atom stereocenters. The number of benzene rings is 1. The van der Waals surface area contributed by atoms with Crippen LogP contribution in [0.5, 0.6) is 0 Å². The summed E-state index contributed by atoms with van der Waals surface area (Å²) in [6, 6.07) is 5.35. The highest BCUT2D eigenvalue weighted by Crippen LogP contribution is 2.38. The Balaban J connectivity index is 1.95. The highest BCUT2D eigenvalue weighted by Gasteiger charge is 2.52. The number of fused-ring (bicyclic) bond motifs is 1. The van der Waals surface area contributed by atoms with E-state index in [9.17, 15) is 8.42 Å². The highest BCUT2D eigenvalue weighted by molar-refractivity contribution is 7.94. The SMILES string of the molecule is CN1c2ccc(B3OC(C)(C)C(C)(C)O3)cc2NS1(=O)=O. The summed E-state index contributed by atoms with van der Waals surface area (Å²) in [5.41, 5.74) is 1.12. The molecule has 1 saturated heterocycles. The Labute approximate surface area is 125 Å². The van der Waals surface area contributed by atoms with Crippen molar-refractivity contribution in [3.05, 3.63) is 18.2 Å². The lowest BCUT2D eigenvalue weighted by atomic mass is 9.79. The van der Waals surface area contributed by atoms with Crippen LogP contribution in [0.2, 0.25) is 0 Å². The first-order valence-electron chi connectivity index (χ1n) is 6.80. The third-order valence-corrected chi connectivity index (χ3v) is 5.88. The third-order valence-electron chi connectivity index (χ3n) is 4.48. The van der Waals surface area contributed by atoms with Gasteiger partial charge in [-0.05, 0) is 45.3 Å². The van der Waals surface area contributed by atoms with Crippen molar-refractivity contribution in [1.82, 2.24) is 0 Å². The summed E-state index contributed by atoms with van der Waals surface area (Å²) in [4.78, 5) is 0. The van der Waals surface area contributed by atoms with Crippen molar-refractivity contribution in [1.29, 1.82) is 0 Å². The van der Waals surface area contributed by atoms with E-state index in [1.807, 2.05) is 33.8 Å². The molecule has 3 rings (SSSR count). The van der Waals surface area contributed by atoms with Crippen molar-refractivity contribution in [2.24, 2.45) is 0 Å². The second-order valence-corrected chi connectivity index (χ2v) is 8.14. The third kappa shape index (κ3) is 2.13. The Hall–Kier alpha value is -1.25. The maximum Gasteiger partial charge on any atom is 0.494 e. The van der Waals surface area contributed by atoms with Gasteiger partial charge >= 0.3 is 17.3 Å². The summed E-state index contributed by atoms with van der Waals surface area (Å²) >= 11 is 0. The zero-order valence-corrected chi connectivity index (χ0v) is 13.6. The molecule has 0 bridgehead atoms. The maximum atomic E-state index is 11.8. The second-order valence-electron chi connectivity index (χ2n) is 6.44. The molecular formula is C13H19BN2O4S. The summed E-state index contributed by atoms with van der Waals surface area (Å²) in [6.07, 6.45) is 0. The molecule has 0 radical (unpaired) electrons. The molecule has 1 N–H and O–H groups in total. The lowest BCUT2D eigenvalue weighted by molar-refractivity contribution is 0.00578. The standard InChI is InChI=1S/C13H19BN2O4S/c1-12(2)13(3,4)20-14(19-12)9-6-7-11-10(8-9)15-21(17,18)16(11)5/h6-8,15H,1-5H3. The fourth-order valence-corrected chi connectivity index (χ4v) is 3.37. The molecule has 6 nitrogen and oxygen atoms in total. The number of nitrogens with zero attached hydrogens (tertiary/aromatic N) is 1. The second kappa shape index (κ2) is 4.15. The highest BCUT2D eigenvalue weighted by atomic mass is 32.2. The first-order valence-corrected chi connectivity index (χ1v) is 8.24. The van der Waals surface area contributed by atoms with Crippen molar-refractivity contribution >= 4 is 34.2 Å². The van der Waals surface area contributed by atoms with Crippen LogP contribution in [0.3, 0.4) is 0 Å². The Morgan fingerprint density at radius 3 is 2.29 bits per heavy atom. The van der Waals surface area contributed by atoms with Crippen molar-refractivity contribution in [3.63, 3.8) is 0 Å². The topological polar surface area (TPSA) is 67.9 Å². The Morgan fingerprint density at radius 1 is 1.14 bits per heavy atom. The summed E-state index contributed by atoms with van der Waals surface area (Å²) in [6.45, 7) is 7.93. The molecule has 1 fully saturated rings. The van der Waals surface area contributed by atoms with E-state index in [-0.39, 0.29) is 0 Å². The van der Waals surface area contributed by atoms with Gasteiger partial charge in [-0.2, -0.15) is 8.42 Å². The van der Waals surface area contributed by atoms with Crippen LogP contribution in [0, 0.1) is 0 Å². The molecule has 1 aromatic rings. The average molecular weight is 310 g/mol. The summed E-state index contributed by atoms with van der Waals surface area (Å²) in [5.74, 6) is 0. The summed E-state index contributed by atoms with van der Waals surface area (Å²) in [5, 5.41) is 0. The zero-order valence-electron chi connectivity index (χ0n) is 12.8. The van der Waals surface area contributed by atoms with E-state index in [0.717, 1.165) is 5.46 Å². The van der Waals surface area contributed by atoms with Gasteiger partial charge in [-0.1, -0.05) is 6.07 Å². The first-order chi connectivity index (χ1) is 9.53. The van der Waals surface area contributed by atoms with Gasteiger partial charge in [-0.15, -0.1) is 0 Å². The maximum absolute atomic E-state index is 11.8. The minimum absolute atomic E-state index is 0.424. The smallest absolute Gasteiger partial charge is 0.399 e. The monoisotopic (exact) mass is 310 g/mol. The average Bonchev–Trinajstić information content (AvgIpc) is 2.70. The summed E-state index contributed by atoms with van der Waals surface area (Å²) in [7, 11) is -2.46. The predicted molar refractivity (Wildman–Crippen MR) is 83.1 cm³/mol. The predicted octanol–water partition coefficient (Wildman–Crippen LogP) is 1.09. The minimum atomic E-state index is -3.47. The summed E-state index contributed by atoms with van der Waals surface area (Å²) < 4.78 is 39.3. The molecule has 0 aromatic heterocycles. The van der Waals surface area contributed by atoms with Crippen molar-refractivity contribution in [2.75, 3.05) is 16.1 Å². The van der Waals surface area contributed by atoms with Crippen molar-refractivity contribution in [3.8, 4) is 0 Å². The number of hydrogen-bond donors (Lipinski definition) is 1. The van der Waals surface area contributed by atoms with Gasteiger partial charge in [-0.3, -0.25) is 9.03 Å². The number of anilines is 2. The lowest BCUT2D eigenvalue weighted by Gasteiger charge is -2.32. The molecule has 0 saturated carbocycles. The minimum Gasteiger partial charge on any atom is -0.399 e. The molecule has 114 valence electrons. The molecule has 21 heavy (non-hydrogen) atoms. The fourth-order valence-electron chi connectivity index (χ4n) is 2.37. The van der Waals surface area contributed by atoms with Gasteiger partial charge in [0.1, 0.15) is 0 Å². The largest absolute Gasteiger partial charge is 0.494 e. The zero-order chi connectivity index (χ0) is 15.6. The van der Waals surface area contributed by atoms with Crippen LogP contribution in [-0.2, 0) is 19.5 Å². The molecule has 0 atom stereocenters. The molecule has 2 aliphatic rings. The molecule has 1 aromatic carbocycles. The number of rotatable bonds is 1. The fraction of sp³-hybridized carbons (Fsp3) is 0.538. The van der Waals surface area contributed by atoms with Crippen LogP contribution in [0.25, 0.3) is 0 Å².